The fraction of sp³-hybridized carbons (Fsp3) is 0. The number of rotatable bonds is 2. The van der Waals surface area contributed by atoms with Gasteiger partial charge in [-0.2, -0.15) is 9.61 Å². The highest BCUT2D eigenvalue weighted by atomic mass is 35.5. The molecule has 4 rings (SSSR count). The molecular formula is C14H7ClFN5S. The molecule has 8 heteroatoms. The van der Waals surface area contributed by atoms with Crippen LogP contribution in [0.5, 0.6) is 0 Å². The second-order valence-corrected chi connectivity index (χ2v) is 5.85. The largest absolute Gasteiger partial charge is 0.264 e. The van der Waals surface area contributed by atoms with Crippen molar-refractivity contribution < 1.29 is 4.39 Å². The predicted octanol–water partition coefficient (Wildman–Crippen LogP) is 3.71. The van der Waals surface area contributed by atoms with Gasteiger partial charge in [0.1, 0.15) is 10.8 Å². The summed E-state index contributed by atoms with van der Waals surface area (Å²) in [6, 6.07) is 7.87. The van der Waals surface area contributed by atoms with Crippen LogP contribution in [0, 0.1) is 5.82 Å². The molecule has 1 aromatic carbocycles. The van der Waals surface area contributed by atoms with Gasteiger partial charge < -0.3 is 0 Å². The van der Waals surface area contributed by atoms with Crippen LogP contribution in [0.3, 0.4) is 0 Å². The topological polar surface area (TPSA) is 56.0 Å². The second-order valence-electron chi connectivity index (χ2n) is 4.49. The van der Waals surface area contributed by atoms with Gasteiger partial charge in [0, 0.05) is 23.5 Å². The van der Waals surface area contributed by atoms with E-state index in [1.54, 1.807) is 16.9 Å². The number of fused-ring (bicyclic) bond motifs is 1. The van der Waals surface area contributed by atoms with Crippen LogP contribution < -0.4 is 0 Å². The van der Waals surface area contributed by atoms with Crippen LogP contribution in [0.1, 0.15) is 0 Å². The van der Waals surface area contributed by atoms with Crippen molar-refractivity contribution in [2.24, 2.45) is 0 Å². The molecule has 0 aliphatic heterocycles. The second kappa shape index (κ2) is 5.11. The molecule has 4 aromatic rings. The smallest absolute Gasteiger partial charge is 0.235 e. The Balaban J connectivity index is 1.89. The molecule has 0 amide bonds. The van der Waals surface area contributed by atoms with Crippen molar-refractivity contribution in [2.45, 2.75) is 0 Å². The lowest BCUT2D eigenvalue weighted by atomic mass is 10.2. The number of aromatic nitrogens is 5. The van der Waals surface area contributed by atoms with E-state index in [1.165, 1.54) is 29.5 Å². The normalized spacial score (nSPS) is 11.2. The molecule has 108 valence electrons. The third kappa shape index (κ3) is 2.15. The summed E-state index contributed by atoms with van der Waals surface area (Å²) >= 11 is 7.42. The fourth-order valence-corrected chi connectivity index (χ4v) is 3.19. The van der Waals surface area contributed by atoms with E-state index in [1.807, 2.05) is 12.1 Å². The monoisotopic (exact) mass is 331 g/mol. The number of pyridine rings is 1. The minimum atomic E-state index is -0.363. The van der Waals surface area contributed by atoms with Crippen LogP contribution in [0.25, 0.3) is 26.9 Å². The van der Waals surface area contributed by atoms with Crippen molar-refractivity contribution in [1.82, 2.24) is 24.8 Å². The summed E-state index contributed by atoms with van der Waals surface area (Å²) in [5, 5.41) is 13.7. The van der Waals surface area contributed by atoms with Crippen molar-refractivity contribution in [1.29, 1.82) is 0 Å². The van der Waals surface area contributed by atoms with E-state index < -0.39 is 0 Å². The summed E-state index contributed by atoms with van der Waals surface area (Å²) in [6.07, 6.45) is 3.37. The van der Waals surface area contributed by atoms with Gasteiger partial charge in [0.2, 0.25) is 4.96 Å². The van der Waals surface area contributed by atoms with Crippen molar-refractivity contribution in [2.75, 3.05) is 0 Å². The first-order valence-electron chi connectivity index (χ1n) is 6.30. The van der Waals surface area contributed by atoms with Crippen molar-refractivity contribution in [3.63, 3.8) is 0 Å². The molecular weight excluding hydrogens is 325 g/mol. The molecule has 0 saturated carbocycles. The molecule has 0 unspecified atom stereocenters. The van der Waals surface area contributed by atoms with Crippen molar-refractivity contribution in [3.8, 4) is 22.0 Å². The Morgan fingerprint density at radius 2 is 2.09 bits per heavy atom. The predicted molar refractivity (Wildman–Crippen MR) is 82.3 cm³/mol. The van der Waals surface area contributed by atoms with Gasteiger partial charge in [-0.3, -0.25) is 4.98 Å². The molecule has 0 radical (unpaired) electrons. The Kier molecular flexibility index (Phi) is 3.09. The summed E-state index contributed by atoms with van der Waals surface area (Å²) in [7, 11) is 0. The van der Waals surface area contributed by atoms with E-state index in [0.29, 0.717) is 26.4 Å². The molecule has 5 nitrogen and oxygen atoms in total. The molecule has 0 bridgehead atoms. The molecule has 0 saturated heterocycles. The molecule has 0 fully saturated rings. The average molecular weight is 332 g/mol. The molecule has 0 N–H and O–H groups in total. The lowest BCUT2D eigenvalue weighted by molar-refractivity contribution is 0.628. The zero-order valence-corrected chi connectivity index (χ0v) is 12.5. The van der Waals surface area contributed by atoms with Crippen LogP contribution in [0.2, 0.25) is 5.02 Å². The first kappa shape index (κ1) is 13.3. The summed E-state index contributed by atoms with van der Waals surface area (Å²) in [5.41, 5.74) is 1.34. The third-order valence-corrected chi connectivity index (χ3v) is 4.33. The van der Waals surface area contributed by atoms with Gasteiger partial charge in [0.05, 0.1) is 5.02 Å². The lowest BCUT2D eigenvalue weighted by Crippen LogP contribution is -1.91. The molecule has 0 spiro atoms. The van der Waals surface area contributed by atoms with Crippen molar-refractivity contribution in [3.05, 3.63) is 53.6 Å². The molecule has 0 aliphatic carbocycles. The lowest BCUT2D eigenvalue weighted by Gasteiger charge is -1.99. The fourth-order valence-electron chi connectivity index (χ4n) is 2.06. The van der Waals surface area contributed by atoms with E-state index >= 15 is 0 Å². The van der Waals surface area contributed by atoms with E-state index in [9.17, 15) is 4.39 Å². The van der Waals surface area contributed by atoms with Gasteiger partial charge >= 0.3 is 0 Å². The quantitative estimate of drug-likeness (QED) is 0.562. The van der Waals surface area contributed by atoms with Crippen LogP contribution in [-0.2, 0) is 0 Å². The molecule has 22 heavy (non-hydrogen) atoms. The third-order valence-electron chi connectivity index (χ3n) is 3.07. The summed E-state index contributed by atoms with van der Waals surface area (Å²) in [5.74, 6) is 0.218. The van der Waals surface area contributed by atoms with Crippen LogP contribution in [-0.4, -0.2) is 24.8 Å². The molecule has 0 atom stereocenters. The van der Waals surface area contributed by atoms with Crippen LogP contribution in [0.4, 0.5) is 4.39 Å². The summed E-state index contributed by atoms with van der Waals surface area (Å²) in [4.78, 5) is 4.67. The Hall–Kier alpha value is -2.38. The highest BCUT2D eigenvalue weighted by Gasteiger charge is 2.16. The molecule has 3 heterocycles. The van der Waals surface area contributed by atoms with Gasteiger partial charge in [-0.05, 0) is 30.3 Å². The molecule has 0 aliphatic rings. The molecule has 3 aromatic heterocycles. The average Bonchev–Trinajstić information content (AvgIpc) is 3.10. The first-order valence-corrected chi connectivity index (χ1v) is 7.50. The van der Waals surface area contributed by atoms with Gasteiger partial charge in [-0.15, -0.1) is 10.2 Å². The highest BCUT2D eigenvalue weighted by Crippen LogP contribution is 2.32. The van der Waals surface area contributed by atoms with E-state index in [2.05, 4.69) is 20.3 Å². The Morgan fingerprint density at radius 3 is 2.91 bits per heavy atom. The van der Waals surface area contributed by atoms with E-state index in [-0.39, 0.29) is 5.82 Å². The van der Waals surface area contributed by atoms with Crippen LogP contribution in [0.15, 0.2) is 42.7 Å². The standard InChI is InChI=1S/C14H7ClFN5S/c15-11-4-3-9(16)6-10(11)13-20-21-12(18-19-14(21)22-13)8-2-1-5-17-7-8/h1-7H. The summed E-state index contributed by atoms with van der Waals surface area (Å²) < 4.78 is 15.0. The number of nitrogens with zero attached hydrogens (tertiary/aromatic N) is 5. The van der Waals surface area contributed by atoms with Gasteiger partial charge in [-0.1, -0.05) is 22.9 Å². The maximum absolute atomic E-state index is 13.4. The number of hydrogen-bond acceptors (Lipinski definition) is 5. The Labute approximate surface area is 133 Å². The SMILES string of the molecule is Fc1ccc(Cl)c(-c2nn3c(-c4cccnc4)nnc3s2)c1. The maximum atomic E-state index is 13.4. The highest BCUT2D eigenvalue weighted by molar-refractivity contribution is 7.19. The van der Waals surface area contributed by atoms with Crippen LogP contribution >= 0.6 is 22.9 Å². The van der Waals surface area contributed by atoms with Gasteiger partial charge in [0.25, 0.3) is 0 Å². The summed E-state index contributed by atoms with van der Waals surface area (Å²) in [6.45, 7) is 0. The minimum Gasteiger partial charge on any atom is -0.264 e. The number of hydrogen-bond donors (Lipinski definition) is 0. The number of benzene rings is 1. The van der Waals surface area contributed by atoms with E-state index in [0.717, 1.165) is 5.56 Å². The van der Waals surface area contributed by atoms with Gasteiger partial charge in [-0.25, -0.2) is 4.39 Å². The maximum Gasteiger partial charge on any atom is 0.235 e. The zero-order valence-electron chi connectivity index (χ0n) is 10.9. The van der Waals surface area contributed by atoms with Gasteiger partial charge in [0.15, 0.2) is 5.82 Å². The first-order chi connectivity index (χ1) is 10.7. The Bertz CT molecular complexity index is 966. The van der Waals surface area contributed by atoms with Crippen molar-refractivity contribution >= 4 is 27.9 Å². The van der Waals surface area contributed by atoms with E-state index in [4.69, 9.17) is 11.6 Å². The number of halogens is 2. The Morgan fingerprint density at radius 1 is 1.18 bits per heavy atom. The zero-order chi connectivity index (χ0) is 15.1. The minimum absolute atomic E-state index is 0.363.